The Kier molecular flexibility index (Phi) is 7.96. The predicted octanol–water partition coefficient (Wildman–Crippen LogP) is 4.82. The van der Waals surface area contributed by atoms with Gasteiger partial charge >= 0.3 is 6.09 Å². The number of ether oxygens (including phenoxy) is 1. The number of thiol groups is 1. The van der Waals surface area contributed by atoms with Gasteiger partial charge in [-0.25, -0.2) is 4.79 Å². The van der Waals surface area contributed by atoms with Crippen LogP contribution in [0.2, 0.25) is 0 Å². The number of anilines is 1. The topological polar surface area (TPSA) is 67.4 Å². The summed E-state index contributed by atoms with van der Waals surface area (Å²) in [6.07, 6.45) is -0.134. The fourth-order valence-electron chi connectivity index (χ4n) is 2.89. The van der Waals surface area contributed by atoms with Crippen LogP contribution >= 0.6 is 0 Å². The van der Waals surface area contributed by atoms with Gasteiger partial charge in [0.2, 0.25) is 5.91 Å². The fraction of sp³-hybridized carbons (Fsp3) is 0.417. The molecule has 2 aromatic rings. The van der Waals surface area contributed by atoms with Crippen LogP contribution in [0.15, 0.2) is 53.4 Å². The first kappa shape index (κ1) is 23.8. The molecule has 0 fully saturated rings. The molecule has 0 radical (unpaired) electrons. The zero-order chi connectivity index (χ0) is 22.4. The van der Waals surface area contributed by atoms with Crippen molar-refractivity contribution < 1.29 is 14.3 Å². The molecule has 0 aliphatic carbocycles. The van der Waals surface area contributed by atoms with Crippen molar-refractivity contribution in [3.63, 3.8) is 0 Å². The van der Waals surface area contributed by atoms with Crippen molar-refractivity contribution in [1.29, 1.82) is 0 Å². The van der Waals surface area contributed by atoms with Crippen LogP contribution in [0.3, 0.4) is 0 Å². The van der Waals surface area contributed by atoms with Crippen LogP contribution in [0.4, 0.5) is 10.5 Å². The molecule has 6 heteroatoms. The summed E-state index contributed by atoms with van der Waals surface area (Å²) in [6, 6.07) is 15.6. The Morgan fingerprint density at radius 3 is 2.07 bits per heavy atom. The third-order valence-electron chi connectivity index (χ3n) is 4.35. The maximum absolute atomic E-state index is 12.4. The Morgan fingerprint density at radius 2 is 1.53 bits per heavy atom. The lowest BCUT2D eigenvalue weighted by atomic mass is 9.94. The highest BCUT2D eigenvalue weighted by molar-refractivity contribution is 7.78. The summed E-state index contributed by atoms with van der Waals surface area (Å²) in [5.74, 6) is 1.02. The van der Waals surface area contributed by atoms with Gasteiger partial charge in [0, 0.05) is 17.4 Å². The second-order valence-electron chi connectivity index (χ2n) is 8.69. The Balaban J connectivity index is 1.94. The summed E-state index contributed by atoms with van der Waals surface area (Å²) in [4.78, 5) is 25.7. The molecule has 0 aliphatic heterocycles. The van der Waals surface area contributed by atoms with Gasteiger partial charge in [-0.15, -0.1) is 0 Å². The molecule has 5 nitrogen and oxygen atoms in total. The van der Waals surface area contributed by atoms with E-state index in [4.69, 9.17) is 4.74 Å². The molecule has 0 heterocycles. The fourth-order valence-corrected chi connectivity index (χ4v) is 3.62. The number of alkyl carbamates (subject to hydrolysis) is 1. The van der Waals surface area contributed by atoms with Gasteiger partial charge in [-0.05, 0) is 76.9 Å². The lowest BCUT2D eigenvalue weighted by Gasteiger charge is -2.29. The molecule has 0 bridgehead atoms. The molecule has 0 saturated heterocycles. The summed E-state index contributed by atoms with van der Waals surface area (Å²) in [7, 11) is 0. The molecule has 0 aromatic heterocycles. The number of nitrogens with one attached hydrogen (secondary N) is 2. The van der Waals surface area contributed by atoms with Crippen LogP contribution in [-0.4, -0.2) is 23.4 Å². The minimum absolute atomic E-state index is 0.0605. The Hall–Kier alpha value is -2.47. The number of carbonyl (C=O) groups is 2. The van der Waals surface area contributed by atoms with Crippen molar-refractivity contribution in [1.82, 2.24) is 5.32 Å². The van der Waals surface area contributed by atoms with Crippen molar-refractivity contribution in [2.75, 3.05) is 11.1 Å². The minimum Gasteiger partial charge on any atom is -0.444 e. The normalized spacial score (nSPS) is 11.7. The van der Waals surface area contributed by atoms with E-state index >= 15 is 0 Å². The maximum Gasteiger partial charge on any atom is 0.408 e. The average molecular weight is 430 g/mol. The van der Waals surface area contributed by atoms with Crippen LogP contribution in [-0.2, 0) is 33.3 Å². The quantitative estimate of drug-likeness (QED) is 0.490. The largest absolute Gasteiger partial charge is 0.444 e. The van der Waals surface area contributed by atoms with Gasteiger partial charge in [0.25, 0.3) is 0 Å². The predicted molar refractivity (Wildman–Crippen MR) is 125 cm³/mol. The number of benzene rings is 2. The van der Waals surface area contributed by atoms with Gasteiger partial charge in [0.05, 0.1) is 12.0 Å². The van der Waals surface area contributed by atoms with Gasteiger partial charge in [-0.2, -0.15) is 0 Å². The van der Waals surface area contributed by atoms with Crippen molar-refractivity contribution >= 4 is 29.4 Å². The van der Waals surface area contributed by atoms with E-state index < -0.39 is 17.2 Å². The van der Waals surface area contributed by atoms with Gasteiger partial charge in [-0.1, -0.05) is 24.3 Å². The molecule has 162 valence electrons. The molecule has 2 aromatic carbocycles. The molecule has 0 unspecified atom stereocenters. The highest BCUT2D eigenvalue weighted by atomic mass is 32.2. The number of rotatable bonds is 7. The van der Waals surface area contributed by atoms with Gasteiger partial charge in [0.1, 0.15) is 11.4 Å². The van der Waals surface area contributed by atoms with E-state index in [1.54, 1.807) is 0 Å². The van der Waals surface area contributed by atoms with E-state index in [9.17, 15) is 9.59 Å². The van der Waals surface area contributed by atoms with Crippen molar-refractivity contribution in [3.05, 3.63) is 59.7 Å². The third kappa shape index (κ3) is 7.75. The number of hydrogen-bond acceptors (Lipinski definition) is 3. The molecule has 0 spiro atoms. The molecular formula is C24H33N2O3S+. The van der Waals surface area contributed by atoms with E-state index in [-0.39, 0.29) is 5.91 Å². The number of amides is 2. The van der Waals surface area contributed by atoms with Crippen LogP contribution in [0.25, 0.3) is 0 Å². The summed E-state index contributed by atoms with van der Waals surface area (Å²) in [5, 5.41) is 5.81. The maximum atomic E-state index is 12.4. The van der Waals surface area contributed by atoms with E-state index in [0.29, 0.717) is 6.42 Å². The summed E-state index contributed by atoms with van der Waals surface area (Å²) in [6.45, 7) is 11.4. The first-order chi connectivity index (χ1) is 14.0. The van der Waals surface area contributed by atoms with Crippen molar-refractivity contribution in [3.8, 4) is 0 Å². The Bertz CT molecular complexity index is 854. The zero-order valence-corrected chi connectivity index (χ0v) is 19.6. The zero-order valence-electron chi connectivity index (χ0n) is 18.7. The molecule has 0 saturated carbocycles. The van der Waals surface area contributed by atoms with Crippen molar-refractivity contribution in [2.45, 2.75) is 64.0 Å². The molecule has 0 aliphatic rings. The first-order valence-electron chi connectivity index (χ1n) is 10.2. The third-order valence-corrected chi connectivity index (χ3v) is 5.33. The van der Waals surface area contributed by atoms with Gasteiger partial charge in [-0.3, -0.25) is 4.79 Å². The summed E-state index contributed by atoms with van der Waals surface area (Å²) < 4.78 is 5.34. The summed E-state index contributed by atoms with van der Waals surface area (Å²) in [5.41, 5.74) is 1.46. The molecule has 30 heavy (non-hydrogen) atoms. The molecule has 2 rings (SSSR count). The van der Waals surface area contributed by atoms with Crippen LogP contribution in [0, 0.1) is 0 Å². The monoisotopic (exact) mass is 429 g/mol. The standard InChI is InChI=1S/C24H32N2O3S/c1-7-30-20-14-8-17(9-15-20)16-21(27)25-19-12-10-18(11-13-19)24(5,6)26-22(28)29-23(2,3)4/h8-15H,7,16H2,1-6H3,(H,25,27)(H,26,28)/p+1. The van der Waals surface area contributed by atoms with E-state index in [2.05, 4.69) is 29.7 Å². The molecule has 0 atom stereocenters. The molecule has 2 amide bonds. The van der Waals surface area contributed by atoms with Gasteiger partial charge < -0.3 is 15.4 Å². The summed E-state index contributed by atoms with van der Waals surface area (Å²) >= 11 is 1.30. The number of hydrogen-bond donors (Lipinski definition) is 2. The lowest BCUT2D eigenvalue weighted by Crippen LogP contribution is -2.43. The minimum atomic E-state index is -0.607. The van der Waals surface area contributed by atoms with Crippen LogP contribution in [0.1, 0.15) is 52.7 Å². The Labute approximate surface area is 184 Å². The second-order valence-corrected chi connectivity index (χ2v) is 10.2. The van der Waals surface area contributed by atoms with E-state index in [0.717, 1.165) is 22.6 Å². The van der Waals surface area contributed by atoms with E-state index in [1.165, 1.54) is 16.7 Å². The van der Waals surface area contributed by atoms with Gasteiger partial charge in [0.15, 0.2) is 4.90 Å². The Morgan fingerprint density at radius 1 is 0.933 bits per heavy atom. The average Bonchev–Trinajstić information content (AvgIpc) is 2.62. The van der Waals surface area contributed by atoms with Crippen LogP contribution in [0.5, 0.6) is 0 Å². The smallest absolute Gasteiger partial charge is 0.408 e. The first-order valence-corrected chi connectivity index (χ1v) is 11.2. The van der Waals surface area contributed by atoms with Crippen molar-refractivity contribution in [2.24, 2.45) is 0 Å². The lowest BCUT2D eigenvalue weighted by molar-refractivity contribution is -0.115. The van der Waals surface area contributed by atoms with E-state index in [1.807, 2.05) is 71.0 Å². The number of carbonyl (C=O) groups excluding carboxylic acids is 2. The highest BCUT2D eigenvalue weighted by Gasteiger charge is 2.26. The second kappa shape index (κ2) is 10.0. The molecular weight excluding hydrogens is 396 g/mol. The highest BCUT2D eigenvalue weighted by Crippen LogP contribution is 2.23. The molecule has 2 N–H and O–H groups in total. The van der Waals surface area contributed by atoms with Crippen LogP contribution < -0.4 is 10.6 Å². The SMILES string of the molecule is CC[SH+]c1ccc(CC(=O)Nc2ccc(C(C)(C)NC(=O)OC(C)(C)C)cc2)cc1.